The summed E-state index contributed by atoms with van der Waals surface area (Å²) in [6.07, 6.45) is 1.65. The van der Waals surface area contributed by atoms with Crippen LogP contribution in [0.3, 0.4) is 0 Å². The van der Waals surface area contributed by atoms with Crippen LogP contribution < -0.4 is 5.19 Å². The van der Waals surface area contributed by atoms with Crippen molar-refractivity contribution in [3.8, 4) is 0 Å². The van der Waals surface area contributed by atoms with Crippen LogP contribution in [0.5, 0.6) is 0 Å². The summed E-state index contributed by atoms with van der Waals surface area (Å²) in [5, 5.41) is 1.75. The Bertz CT molecular complexity index is 1210. The topological polar surface area (TPSA) is 78.3 Å². The SMILES string of the molecule is C=C(Cc1c([Si](C)(C)C)c2cccnc2n1S(=O)(=O)c1ccccc1)C(=O)OCC. The van der Waals surface area contributed by atoms with Gasteiger partial charge in [0.25, 0.3) is 10.0 Å². The van der Waals surface area contributed by atoms with Crippen molar-refractivity contribution < 1.29 is 17.9 Å². The van der Waals surface area contributed by atoms with Crippen molar-refractivity contribution in [2.45, 2.75) is 37.9 Å². The average molecular weight is 443 g/mol. The molecule has 0 fully saturated rings. The maximum Gasteiger partial charge on any atom is 0.333 e. The van der Waals surface area contributed by atoms with Crippen molar-refractivity contribution in [3.05, 3.63) is 66.5 Å². The Kier molecular flexibility index (Phi) is 6.01. The van der Waals surface area contributed by atoms with E-state index in [9.17, 15) is 13.2 Å². The van der Waals surface area contributed by atoms with Crippen LogP contribution >= 0.6 is 0 Å². The summed E-state index contributed by atoms with van der Waals surface area (Å²) in [4.78, 5) is 16.9. The Morgan fingerprint density at radius 1 is 1.13 bits per heavy atom. The fourth-order valence-corrected chi connectivity index (χ4v) is 7.28. The first-order valence-electron chi connectivity index (χ1n) is 9.73. The molecule has 0 aliphatic rings. The van der Waals surface area contributed by atoms with Gasteiger partial charge in [-0.05, 0) is 36.4 Å². The van der Waals surface area contributed by atoms with Gasteiger partial charge in [0.1, 0.15) is 0 Å². The maximum atomic E-state index is 13.7. The molecule has 0 saturated heterocycles. The zero-order valence-electron chi connectivity index (χ0n) is 17.7. The van der Waals surface area contributed by atoms with Gasteiger partial charge in [0, 0.05) is 29.3 Å². The standard InChI is InChI=1S/C22H26N2O4SSi/c1-6-28-22(25)16(2)15-19-20(30(3,4)5)18-13-10-14-23-21(18)24(19)29(26,27)17-11-8-7-9-12-17/h7-14H,2,6,15H2,1,3-5H3. The van der Waals surface area contributed by atoms with E-state index in [0.717, 1.165) is 10.6 Å². The van der Waals surface area contributed by atoms with Crippen LogP contribution in [0.25, 0.3) is 11.0 Å². The van der Waals surface area contributed by atoms with Crippen LogP contribution in [0.2, 0.25) is 19.6 Å². The predicted molar refractivity (Wildman–Crippen MR) is 121 cm³/mol. The van der Waals surface area contributed by atoms with Crippen molar-refractivity contribution in [2.24, 2.45) is 0 Å². The van der Waals surface area contributed by atoms with E-state index in [1.54, 1.807) is 49.5 Å². The number of carbonyl (C=O) groups is 1. The molecular weight excluding hydrogens is 416 g/mol. The number of fused-ring (bicyclic) bond motifs is 1. The van der Waals surface area contributed by atoms with Crippen molar-refractivity contribution in [1.29, 1.82) is 0 Å². The van der Waals surface area contributed by atoms with Gasteiger partial charge in [-0.1, -0.05) is 44.4 Å². The van der Waals surface area contributed by atoms with E-state index in [0.29, 0.717) is 11.3 Å². The molecular formula is C22H26N2O4SSi. The van der Waals surface area contributed by atoms with E-state index < -0.39 is 24.1 Å². The fraction of sp³-hybridized carbons (Fsp3) is 0.273. The molecule has 0 aliphatic carbocycles. The second kappa shape index (κ2) is 8.20. The van der Waals surface area contributed by atoms with E-state index in [1.807, 2.05) is 6.07 Å². The lowest BCUT2D eigenvalue weighted by molar-refractivity contribution is -0.138. The summed E-state index contributed by atoms with van der Waals surface area (Å²) >= 11 is 0. The molecule has 3 aromatic rings. The molecule has 0 unspecified atom stereocenters. The highest BCUT2D eigenvalue weighted by molar-refractivity contribution is 7.90. The van der Waals surface area contributed by atoms with Crippen molar-refractivity contribution in [1.82, 2.24) is 8.96 Å². The highest BCUT2D eigenvalue weighted by Crippen LogP contribution is 2.27. The number of rotatable bonds is 7. The molecule has 0 bridgehead atoms. The van der Waals surface area contributed by atoms with Gasteiger partial charge in [0.15, 0.2) is 5.65 Å². The summed E-state index contributed by atoms with van der Waals surface area (Å²) in [5.74, 6) is -0.527. The van der Waals surface area contributed by atoms with Crippen molar-refractivity contribution in [3.63, 3.8) is 0 Å². The first-order valence-corrected chi connectivity index (χ1v) is 14.7. The number of hydrogen-bond donors (Lipinski definition) is 0. The van der Waals surface area contributed by atoms with Crippen LogP contribution in [0.4, 0.5) is 0 Å². The number of nitrogens with zero attached hydrogens (tertiary/aromatic N) is 2. The van der Waals surface area contributed by atoms with Gasteiger partial charge in [-0.3, -0.25) is 0 Å². The Morgan fingerprint density at radius 2 is 1.80 bits per heavy atom. The third-order valence-corrected chi connectivity index (χ3v) is 8.56. The van der Waals surface area contributed by atoms with Gasteiger partial charge in [-0.15, -0.1) is 0 Å². The molecule has 0 radical (unpaired) electrons. The minimum atomic E-state index is -3.94. The molecule has 2 heterocycles. The van der Waals surface area contributed by atoms with Crippen LogP contribution in [-0.2, 0) is 26.0 Å². The zero-order chi connectivity index (χ0) is 22.1. The molecule has 0 spiro atoms. The minimum absolute atomic E-state index is 0.0703. The predicted octanol–water partition coefficient (Wildman–Crippen LogP) is 3.48. The Labute approximate surface area is 178 Å². The second-order valence-corrected chi connectivity index (χ2v) is 14.8. The van der Waals surface area contributed by atoms with Crippen LogP contribution in [0, 0.1) is 0 Å². The van der Waals surface area contributed by atoms with Crippen molar-refractivity contribution in [2.75, 3.05) is 6.61 Å². The molecule has 2 aromatic heterocycles. The van der Waals surface area contributed by atoms with Crippen LogP contribution in [-0.4, -0.2) is 38.0 Å². The average Bonchev–Trinajstić information content (AvgIpc) is 3.03. The number of benzene rings is 1. The van der Waals surface area contributed by atoms with E-state index in [-0.39, 0.29) is 23.5 Å². The third-order valence-electron chi connectivity index (χ3n) is 4.76. The molecule has 1 aromatic carbocycles. The highest BCUT2D eigenvalue weighted by Gasteiger charge is 2.33. The summed E-state index contributed by atoms with van der Waals surface area (Å²) in [6, 6.07) is 11.9. The smallest absolute Gasteiger partial charge is 0.333 e. The second-order valence-electron chi connectivity index (χ2n) is 8.03. The first-order chi connectivity index (χ1) is 14.1. The number of aromatic nitrogens is 2. The monoisotopic (exact) mass is 442 g/mol. The maximum absolute atomic E-state index is 13.7. The summed E-state index contributed by atoms with van der Waals surface area (Å²) in [6.45, 7) is 12.3. The lowest BCUT2D eigenvalue weighted by atomic mass is 10.1. The number of esters is 1. The third kappa shape index (κ3) is 3.97. The van der Waals surface area contributed by atoms with Crippen LogP contribution in [0.15, 0.2) is 65.7 Å². The molecule has 158 valence electrons. The summed E-state index contributed by atoms with van der Waals surface area (Å²) in [5.41, 5.74) is 1.11. The Morgan fingerprint density at radius 3 is 2.40 bits per heavy atom. The molecule has 30 heavy (non-hydrogen) atoms. The van der Waals surface area contributed by atoms with E-state index in [4.69, 9.17) is 4.74 Å². The number of ether oxygens (including phenoxy) is 1. The summed E-state index contributed by atoms with van der Waals surface area (Å²) < 4.78 is 33.7. The lowest BCUT2D eigenvalue weighted by Crippen LogP contribution is -2.40. The molecule has 0 amide bonds. The zero-order valence-corrected chi connectivity index (χ0v) is 19.5. The van der Waals surface area contributed by atoms with Gasteiger partial charge in [-0.25, -0.2) is 22.2 Å². The van der Waals surface area contributed by atoms with Gasteiger partial charge in [0.05, 0.1) is 19.6 Å². The molecule has 8 heteroatoms. The van der Waals surface area contributed by atoms with Crippen LogP contribution in [0.1, 0.15) is 12.6 Å². The molecule has 0 N–H and O–H groups in total. The van der Waals surface area contributed by atoms with Gasteiger partial charge in [-0.2, -0.15) is 0 Å². The lowest BCUT2D eigenvalue weighted by Gasteiger charge is -2.20. The fourth-order valence-electron chi connectivity index (χ4n) is 3.60. The molecule has 0 aliphatic heterocycles. The van der Waals surface area contributed by atoms with E-state index in [2.05, 4.69) is 31.2 Å². The number of carbonyl (C=O) groups excluding carboxylic acids is 1. The first kappa shape index (κ1) is 22.0. The van der Waals surface area contributed by atoms with Gasteiger partial charge < -0.3 is 4.74 Å². The minimum Gasteiger partial charge on any atom is -0.463 e. The Hall–Kier alpha value is -2.71. The van der Waals surface area contributed by atoms with Gasteiger partial charge in [0.2, 0.25) is 0 Å². The molecule has 6 nitrogen and oxygen atoms in total. The highest BCUT2D eigenvalue weighted by atomic mass is 32.2. The largest absolute Gasteiger partial charge is 0.463 e. The van der Waals surface area contributed by atoms with E-state index >= 15 is 0 Å². The normalized spacial score (nSPS) is 12.1. The molecule has 0 atom stereocenters. The Balaban J connectivity index is 2.36. The number of hydrogen-bond acceptors (Lipinski definition) is 5. The summed E-state index contributed by atoms with van der Waals surface area (Å²) in [7, 11) is -5.98. The quantitative estimate of drug-likeness (QED) is 0.318. The number of pyridine rings is 1. The van der Waals surface area contributed by atoms with Crippen molar-refractivity contribution >= 4 is 40.3 Å². The molecule has 0 saturated carbocycles. The molecule has 3 rings (SSSR count). The van der Waals surface area contributed by atoms with E-state index in [1.165, 1.54) is 3.97 Å². The van der Waals surface area contributed by atoms with Gasteiger partial charge >= 0.3 is 5.97 Å².